The van der Waals surface area contributed by atoms with Gasteiger partial charge in [-0.3, -0.25) is 60.7 Å². The maximum absolute atomic E-state index is 10.4. The van der Waals surface area contributed by atoms with Crippen LogP contribution in [0.2, 0.25) is 0 Å². The fourth-order valence-corrected chi connectivity index (χ4v) is 1.95. The van der Waals surface area contributed by atoms with Gasteiger partial charge in [-0.2, -0.15) is 0 Å². The second kappa shape index (κ2) is 11.4. The van der Waals surface area contributed by atoms with Crippen molar-refractivity contribution in [3.8, 4) is 11.5 Å². The summed E-state index contributed by atoms with van der Waals surface area (Å²) in [7, 11) is 0. The molecule has 2 aromatic rings. The molecule has 0 aliphatic rings. The molecule has 0 atom stereocenters. The number of nitro benzene ring substituents is 6. The Morgan fingerprint density at radius 1 is 0.455 bits per heavy atom. The van der Waals surface area contributed by atoms with Crippen molar-refractivity contribution in [1.29, 1.82) is 0 Å². The molecule has 0 aliphatic carbocycles. The smallest absolute Gasteiger partial charge is 0.324 e. The van der Waals surface area contributed by atoms with Gasteiger partial charge in [-0.05, 0) is 0 Å². The molecule has 20 nitrogen and oxygen atoms in total. The molecule has 33 heavy (non-hydrogen) atoms. The van der Waals surface area contributed by atoms with Crippen molar-refractivity contribution in [1.82, 2.24) is 0 Å². The molecule has 2 aromatic carbocycles. The molecule has 0 amide bonds. The summed E-state index contributed by atoms with van der Waals surface area (Å²) < 4.78 is 0. The van der Waals surface area contributed by atoms with E-state index in [2.05, 4.69) is 0 Å². The number of aromatic hydroxyl groups is 2. The first-order valence-electron chi connectivity index (χ1n) is 7.29. The van der Waals surface area contributed by atoms with Crippen LogP contribution in [-0.4, -0.2) is 77.5 Å². The van der Waals surface area contributed by atoms with Crippen molar-refractivity contribution in [2.24, 2.45) is 0 Å². The number of non-ortho nitro benzene ring substituents is 2. The van der Waals surface area contributed by atoms with Crippen LogP contribution in [0.25, 0.3) is 0 Å². The zero-order valence-electron chi connectivity index (χ0n) is 15.5. The van der Waals surface area contributed by atoms with E-state index in [0.717, 1.165) is 0 Å². The maximum Gasteiger partial charge on any atom is 0.324 e. The van der Waals surface area contributed by atoms with Crippen LogP contribution >= 0.6 is 0 Å². The molecular weight excluding hydrogens is 492 g/mol. The zero-order valence-corrected chi connectivity index (χ0v) is 17.7. The van der Waals surface area contributed by atoms with E-state index in [4.69, 9.17) is 10.2 Å². The molecule has 0 unspecified atom stereocenters. The molecule has 2 radical (unpaired) electrons. The Labute approximate surface area is 207 Å². The summed E-state index contributed by atoms with van der Waals surface area (Å²) in [5, 5.41) is 80.4. The summed E-state index contributed by atoms with van der Waals surface area (Å²) in [6.45, 7) is 0. The third-order valence-corrected chi connectivity index (χ3v) is 3.32. The molecule has 170 valence electrons. The molecule has 0 saturated heterocycles. The SMILES string of the molecule is O=[N+]([O-])c1cc([N+](=O)[O-])c(O)c([N+](=O)[O-])c1.O=[N+]([O-])c1cc([N+](=O)[O-])c(O)c([N+](=O)[O-])c1.[Ca]. The maximum atomic E-state index is 10.4. The summed E-state index contributed by atoms with van der Waals surface area (Å²) in [6.07, 6.45) is 0. The average Bonchev–Trinajstić information content (AvgIpc) is 2.67. The minimum Gasteiger partial charge on any atom is -0.497 e. The van der Waals surface area contributed by atoms with Gasteiger partial charge in [0.2, 0.25) is 0 Å². The second-order valence-electron chi connectivity index (χ2n) is 5.21. The van der Waals surface area contributed by atoms with E-state index >= 15 is 0 Å². The monoisotopic (exact) mass is 498 g/mol. The number of nitrogens with zero attached hydrogens (tertiary/aromatic N) is 6. The minimum absolute atomic E-state index is 0. The van der Waals surface area contributed by atoms with Gasteiger partial charge < -0.3 is 10.2 Å². The van der Waals surface area contributed by atoms with Crippen LogP contribution in [0.1, 0.15) is 0 Å². The Morgan fingerprint density at radius 2 is 0.636 bits per heavy atom. The number of nitro groups is 6. The summed E-state index contributed by atoms with van der Waals surface area (Å²) in [5.74, 6) is -2.42. The number of rotatable bonds is 6. The zero-order chi connectivity index (χ0) is 24.9. The molecule has 2 rings (SSSR count). The van der Waals surface area contributed by atoms with Crippen LogP contribution in [0.4, 0.5) is 34.1 Å². The molecule has 0 fully saturated rings. The van der Waals surface area contributed by atoms with E-state index in [1.165, 1.54) is 0 Å². The number of phenols is 2. The number of phenolic OH excluding ortho intramolecular Hbond substituents is 2. The number of hydrogen-bond acceptors (Lipinski definition) is 14. The minimum atomic E-state index is -1.21. The van der Waals surface area contributed by atoms with E-state index in [9.17, 15) is 60.7 Å². The van der Waals surface area contributed by atoms with Gasteiger partial charge in [-0.15, -0.1) is 0 Å². The Kier molecular flexibility index (Phi) is 9.88. The molecule has 0 saturated carbocycles. The molecule has 0 spiro atoms. The molecule has 2 N–H and O–H groups in total. The van der Waals surface area contributed by atoms with Crippen molar-refractivity contribution < 1.29 is 39.8 Å². The van der Waals surface area contributed by atoms with Crippen molar-refractivity contribution >= 4 is 71.9 Å². The van der Waals surface area contributed by atoms with Gasteiger partial charge in [0.05, 0.1) is 53.8 Å². The topological polar surface area (TPSA) is 299 Å². The summed E-state index contributed by atoms with van der Waals surface area (Å²) in [6, 6.07) is 1.79. The average molecular weight is 498 g/mol. The van der Waals surface area contributed by atoms with Gasteiger partial charge in [-0.1, -0.05) is 0 Å². The first-order chi connectivity index (χ1) is 14.7. The van der Waals surface area contributed by atoms with Gasteiger partial charge in [0, 0.05) is 37.7 Å². The van der Waals surface area contributed by atoms with Gasteiger partial charge in [0.25, 0.3) is 22.9 Å². The van der Waals surface area contributed by atoms with Crippen LogP contribution in [0.5, 0.6) is 11.5 Å². The van der Waals surface area contributed by atoms with Crippen LogP contribution in [0.3, 0.4) is 0 Å². The summed E-state index contributed by atoms with van der Waals surface area (Å²) >= 11 is 0. The molecular formula is C12H6CaN6O14. The first kappa shape index (κ1) is 28.7. The van der Waals surface area contributed by atoms with Crippen molar-refractivity contribution in [3.05, 3.63) is 85.0 Å². The van der Waals surface area contributed by atoms with Gasteiger partial charge in [0.1, 0.15) is 0 Å². The van der Waals surface area contributed by atoms with E-state index in [1.54, 1.807) is 0 Å². The van der Waals surface area contributed by atoms with E-state index in [0.29, 0.717) is 24.3 Å². The van der Waals surface area contributed by atoms with Crippen molar-refractivity contribution in [2.45, 2.75) is 0 Å². The largest absolute Gasteiger partial charge is 0.497 e. The number of hydrogen-bond donors (Lipinski definition) is 2. The fourth-order valence-electron chi connectivity index (χ4n) is 1.95. The van der Waals surface area contributed by atoms with E-state index in [-0.39, 0.29) is 37.7 Å². The Balaban J connectivity index is 0.000000602. The number of benzene rings is 2. The van der Waals surface area contributed by atoms with Crippen LogP contribution in [-0.2, 0) is 0 Å². The first-order valence-corrected chi connectivity index (χ1v) is 7.29. The van der Waals surface area contributed by atoms with Crippen LogP contribution < -0.4 is 0 Å². The predicted molar refractivity (Wildman–Crippen MR) is 102 cm³/mol. The summed E-state index contributed by atoms with van der Waals surface area (Å²) in [4.78, 5) is 55.5. The quantitative estimate of drug-likeness (QED) is 0.326. The van der Waals surface area contributed by atoms with Crippen molar-refractivity contribution in [2.75, 3.05) is 0 Å². The summed E-state index contributed by atoms with van der Waals surface area (Å²) in [5.41, 5.74) is -6.00. The predicted octanol–water partition coefficient (Wildman–Crippen LogP) is 1.85. The van der Waals surface area contributed by atoms with Crippen LogP contribution in [0, 0.1) is 60.7 Å². The third-order valence-electron chi connectivity index (χ3n) is 3.32. The molecule has 0 aliphatic heterocycles. The van der Waals surface area contributed by atoms with E-state index in [1.807, 2.05) is 0 Å². The molecule has 21 heteroatoms. The van der Waals surface area contributed by atoms with Gasteiger partial charge in [-0.25, -0.2) is 0 Å². The van der Waals surface area contributed by atoms with Gasteiger partial charge >= 0.3 is 22.7 Å². The second-order valence-corrected chi connectivity index (χ2v) is 5.21. The molecule has 0 aromatic heterocycles. The Bertz CT molecular complexity index is 1020. The molecule has 0 bridgehead atoms. The normalized spacial score (nSPS) is 9.45. The van der Waals surface area contributed by atoms with Crippen molar-refractivity contribution in [3.63, 3.8) is 0 Å². The Hall–Kier alpha value is -4.30. The Morgan fingerprint density at radius 3 is 0.758 bits per heavy atom. The molecule has 0 heterocycles. The third kappa shape index (κ3) is 6.84. The van der Waals surface area contributed by atoms with Crippen LogP contribution in [0.15, 0.2) is 24.3 Å². The van der Waals surface area contributed by atoms with E-state index < -0.39 is 75.2 Å². The fraction of sp³-hybridized carbons (Fsp3) is 0. The van der Waals surface area contributed by atoms with Gasteiger partial charge in [0.15, 0.2) is 0 Å². The standard InChI is InChI=1S/2C6H3N3O7.Ca/c2*10-6-4(8(13)14)1-3(7(11)12)2-5(6)9(15)16;/h2*1-2,10H;.